The van der Waals surface area contributed by atoms with Gasteiger partial charge in [-0.3, -0.25) is 0 Å². The van der Waals surface area contributed by atoms with Crippen LogP contribution in [0.15, 0.2) is 0 Å². The molecule has 0 aliphatic heterocycles. The zero-order valence-corrected chi connectivity index (χ0v) is 6.38. The van der Waals surface area contributed by atoms with Crippen LogP contribution in [0, 0.1) is 0 Å². The van der Waals surface area contributed by atoms with Gasteiger partial charge in [0.2, 0.25) is 0 Å². The summed E-state index contributed by atoms with van der Waals surface area (Å²) in [6.07, 6.45) is -0.728. The second-order valence-electron chi connectivity index (χ2n) is 2.61. The number of carbonyl (C=O) groups excluding carboxylic acids is 1. The molecule has 0 aromatic rings. The fourth-order valence-electron chi connectivity index (χ4n) is 0.595. The summed E-state index contributed by atoms with van der Waals surface area (Å²) in [4.78, 5) is 9.84. The van der Waals surface area contributed by atoms with E-state index in [0.717, 1.165) is 0 Å². The minimum Gasteiger partial charge on any atom is -0.544 e. The molecule has 0 rings (SSSR count). The summed E-state index contributed by atoms with van der Waals surface area (Å²) in [5, 5.41) is 27.0. The van der Waals surface area contributed by atoms with Gasteiger partial charge in [-0.05, 0) is 6.92 Å². The third-order valence-electron chi connectivity index (χ3n) is 1.53. The first kappa shape index (κ1) is 11.2. The summed E-state index contributed by atoms with van der Waals surface area (Å²) in [5.74, 6) is -7.00. The quantitative estimate of drug-likeness (QED) is 0.556. The van der Waals surface area contributed by atoms with Crippen LogP contribution < -0.4 is 5.11 Å². The molecule has 2 N–H and O–H groups in total. The number of carboxylic acid groups (broad SMARTS) is 1. The van der Waals surface area contributed by atoms with Gasteiger partial charge < -0.3 is 20.1 Å². The summed E-state index contributed by atoms with van der Waals surface area (Å²) in [5.41, 5.74) is -2.78. The highest BCUT2D eigenvalue weighted by atomic mass is 19.3. The molecule has 12 heavy (non-hydrogen) atoms. The largest absolute Gasteiger partial charge is 0.544 e. The topological polar surface area (TPSA) is 80.6 Å². The lowest BCUT2D eigenvalue weighted by Gasteiger charge is -2.32. The molecule has 0 aliphatic rings. The number of carbonyl (C=O) groups is 1. The zero-order chi connectivity index (χ0) is 9.99. The zero-order valence-electron chi connectivity index (χ0n) is 6.38. The highest BCUT2D eigenvalue weighted by Gasteiger charge is 2.49. The van der Waals surface area contributed by atoms with E-state index in [9.17, 15) is 18.7 Å². The van der Waals surface area contributed by atoms with Crippen LogP contribution in [0.1, 0.15) is 13.3 Å². The molecule has 0 heterocycles. The minimum atomic E-state index is -4.35. The highest BCUT2D eigenvalue weighted by Crippen LogP contribution is 2.30. The van der Waals surface area contributed by atoms with Gasteiger partial charge >= 0.3 is 5.92 Å². The Bertz CT molecular complexity index is 178. The van der Waals surface area contributed by atoms with E-state index < -0.39 is 30.5 Å². The van der Waals surface area contributed by atoms with Gasteiger partial charge in [0, 0.05) is 13.0 Å². The Morgan fingerprint density at radius 1 is 1.58 bits per heavy atom. The minimum absolute atomic E-state index is 0.624. The summed E-state index contributed by atoms with van der Waals surface area (Å²) < 4.78 is 25.0. The van der Waals surface area contributed by atoms with Gasteiger partial charge in [-0.15, -0.1) is 0 Å². The summed E-state index contributed by atoms with van der Waals surface area (Å²) >= 11 is 0. The Morgan fingerprint density at radius 2 is 2.00 bits per heavy atom. The molecule has 72 valence electrons. The summed E-state index contributed by atoms with van der Waals surface area (Å²) in [6, 6.07) is 0. The Hall–Kier alpha value is -0.750. The van der Waals surface area contributed by atoms with E-state index >= 15 is 0 Å². The molecule has 0 unspecified atom stereocenters. The molecular weight excluding hydrogens is 174 g/mol. The third kappa shape index (κ3) is 1.89. The maximum absolute atomic E-state index is 12.5. The van der Waals surface area contributed by atoms with Crippen LogP contribution in [-0.4, -0.2) is 34.3 Å². The van der Waals surface area contributed by atoms with Crippen LogP contribution in [0.2, 0.25) is 0 Å². The first-order chi connectivity index (χ1) is 5.25. The van der Waals surface area contributed by atoms with Crippen LogP contribution in [0.4, 0.5) is 8.78 Å². The van der Waals surface area contributed by atoms with Gasteiger partial charge in [-0.25, -0.2) is 0 Å². The van der Waals surface area contributed by atoms with Crippen molar-refractivity contribution in [2.75, 3.05) is 6.61 Å². The van der Waals surface area contributed by atoms with Gasteiger partial charge in [0.1, 0.15) is 11.6 Å². The fraction of sp³-hybridized carbons (Fsp3) is 0.833. The number of aliphatic carboxylic acids is 1. The van der Waals surface area contributed by atoms with Crippen LogP contribution in [0.3, 0.4) is 0 Å². The predicted octanol–water partition coefficient (Wildman–Crippen LogP) is -1.50. The molecule has 0 aliphatic carbocycles. The maximum atomic E-state index is 12.5. The Morgan fingerprint density at radius 3 is 2.25 bits per heavy atom. The van der Waals surface area contributed by atoms with Crippen molar-refractivity contribution in [3.8, 4) is 0 Å². The Labute approximate surface area is 67.4 Å². The van der Waals surface area contributed by atoms with E-state index in [2.05, 4.69) is 0 Å². The molecule has 0 aromatic carbocycles. The van der Waals surface area contributed by atoms with E-state index in [-0.39, 0.29) is 0 Å². The second-order valence-corrected chi connectivity index (χ2v) is 2.61. The lowest BCUT2D eigenvalue weighted by molar-refractivity contribution is -0.343. The van der Waals surface area contributed by atoms with Crippen molar-refractivity contribution < 1.29 is 28.9 Å². The van der Waals surface area contributed by atoms with Gasteiger partial charge in [-0.1, -0.05) is 0 Å². The number of carboxylic acids is 1. The lowest BCUT2D eigenvalue weighted by atomic mass is 9.94. The molecule has 4 nitrogen and oxygen atoms in total. The molecular formula is C6H9F2O4-. The first-order valence-electron chi connectivity index (χ1n) is 3.18. The number of hydrogen-bond acceptors (Lipinski definition) is 4. The molecule has 0 saturated carbocycles. The van der Waals surface area contributed by atoms with Gasteiger partial charge in [0.15, 0.2) is 0 Å². The number of halogens is 2. The monoisotopic (exact) mass is 183 g/mol. The van der Waals surface area contributed by atoms with Gasteiger partial charge in [0.05, 0.1) is 0 Å². The predicted molar refractivity (Wildman–Crippen MR) is 32.3 cm³/mol. The first-order valence-corrected chi connectivity index (χ1v) is 3.18. The van der Waals surface area contributed by atoms with Crippen LogP contribution in [0.5, 0.6) is 0 Å². The molecule has 0 spiro atoms. The van der Waals surface area contributed by atoms with E-state index in [1.54, 1.807) is 0 Å². The average Bonchev–Trinajstić information content (AvgIpc) is 1.86. The number of alkyl halides is 2. The molecule has 1 atom stereocenters. The number of hydrogen-bond donors (Lipinski definition) is 2. The third-order valence-corrected chi connectivity index (χ3v) is 1.53. The van der Waals surface area contributed by atoms with Gasteiger partial charge in [0.25, 0.3) is 0 Å². The normalized spacial score (nSPS) is 17.1. The maximum Gasteiger partial charge on any atom is 0.314 e. The van der Waals surface area contributed by atoms with Gasteiger partial charge in [-0.2, -0.15) is 8.78 Å². The number of aliphatic hydroxyl groups excluding tert-OH is 1. The van der Waals surface area contributed by atoms with Crippen molar-refractivity contribution in [2.24, 2.45) is 0 Å². The SMILES string of the molecule is C[C@@](O)(CCO)C(F)(F)C(=O)[O-]. The van der Waals surface area contributed by atoms with E-state index in [1.807, 2.05) is 0 Å². The average molecular weight is 183 g/mol. The van der Waals surface area contributed by atoms with Crippen LogP contribution in [-0.2, 0) is 4.79 Å². The van der Waals surface area contributed by atoms with Crippen molar-refractivity contribution in [3.63, 3.8) is 0 Å². The summed E-state index contributed by atoms with van der Waals surface area (Å²) in [7, 11) is 0. The van der Waals surface area contributed by atoms with Crippen molar-refractivity contribution in [1.82, 2.24) is 0 Å². The second kappa shape index (κ2) is 3.32. The van der Waals surface area contributed by atoms with E-state index in [1.165, 1.54) is 0 Å². The van der Waals surface area contributed by atoms with Crippen LogP contribution >= 0.6 is 0 Å². The lowest BCUT2D eigenvalue weighted by Crippen LogP contribution is -2.57. The molecule has 0 fully saturated rings. The van der Waals surface area contributed by atoms with Crippen molar-refractivity contribution in [3.05, 3.63) is 0 Å². The highest BCUT2D eigenvalue weighted by molar-refractivity contribution is 5.74. The molecule has 0 aromatic heterocycles. The molecule has 6 heteroatoms. The number of rotatable bonds is 4. The Balaban J connectivity index is 4.62. The molecule has 0 bridgehead atoms. The smallest absolute Gasteiger partial charge is 0.314 e. The van der Waals surface area contributed by atoms with Crippen molar-refractivity contribution in [1.29, 1.82) is 0 Å². The Kier molecular flexibility index (Phi) is 3.11. The van der Waals surface area contributed by atoms with Crippen LogP contribution in [0.25, 0.3) is 0 Å². The summed E-state index contributed by atoms with van der Waals surface area (Å²) in [6.45, 7) is -0.102. The van der Waals surface area contributed by atoms with Crippen molar-refractivity contribution >= 4 is 5.97 Å². The number of aliphatic hydroxyl groups is 2. The molecule has 0 radical (unpaired) electrons. The van der Waals surface area contributed by atoms with E-state index in [4.69, 9.17) is 10.2 Å². The fourth-order valence-corrected chi connectivity index (χ4v) is 0.595. The molecule has 0 amide bonds. The van der Waals surface area contributed by atoms with E-state index in [0.29, 0.717) is 6.92 Å². The standard InChI is InChI=1S/C6H10F2O4/c1-5(12,2-3-9)6(7,8)4(10)11/h9,12H,2-3H2,1H3,(H,10,11)/p-1/t5-/m1/s1. The van der Waals surface area contributed by atoms with Crippen molar-refractivity contribution in [2.45, 2.75) is 24.9 Å². The molecule has 0 saturated heterocycles.